The maximum atomic E-state index is 11.8. The predicted molar refractivity (Wildman–Crippen MR) is 56.4 cm³/mol. The van der Waals surface area contributed by atoms with Crippen molar-refractivity contribution in [3.63, 3.8) is 0 Å². The molecule has 1 unspecified atom stereocenters. The molecule has 1 N–H and O–H groups in total. The van der Waals surface area contributed by atoms with Crippen LogP contribution < -0.4 is 5.32 Å². The third-order valence-electron chi connectivity index (χ3n) is 2.78. The molecule has 3 heteroatoms. The van der Waals surface area contributed by atoms with E-state index in [0.717, 1.165) is 19.4 Å². The lowest BCUT2D eigenvalue weighted by Crippen LogP contribution is -2.53. The lowest BCUT2D eigenvalue weighted by atomic mass is 9.87. The van der Waals surface area contributed by atoms with Gasteiger partial charge in [-0.25, -0.2) is 0 Å². The normalized spacial score (nSPS) is 28.0. The van der Waals surface area contributed by atoms with Crippen LogP contribution in [-0.4, -0.2) is 30.6 Å². The molecule has 0 aromatic carbocycles. The largest absolute Gasteiger partial charge is 0.371 e. The molecule has 3 nitrogen and oxygen atoms in total. The molecule has 0 aliphatic carbocycles. The first-order valence-corrected chi connectivity index (χ1v) is 5.44. The SMILES string of the molecule is CC(C)OCC(=O)C1(C)CCCCN1. The number of hydrogen-bond acceptors (Lipinski definition) is 3. The topological polar surface area (TPSA) is 38.3 Å². The van der Waals surface area contributed by atoms with Crippen LogP contribution in [0.1, 0.15) is 40.0 Å². The highest BCUT2D eigenvalue weighted by atomic mass is 16.5. The number of carbonyl (C=O) groups is 1. The summed E-state index contributed by atoms with van der Waals surface area (Å²) < 4.78 is 5.33. The van der Waals surface area contributed by atoms with Crippen molar-refractivity contribution < 1.29 is 9.53 Å². The molecule has 1 rings (SSSR count). The summed E-state index contributed by atoms with van der Waals surface area (Å²) in [6, 6.07) is 0. The molecule has 1 atom stereocenters. The van der Waals surface area contributed by atoms with Gasteiger partial charge in [0.1, 0.15) is 6.61 Å². The Morgan fingerprint density at radius 1 is 1.50 bits per heavy atom. The van der Waals surface area contributed by atoms with E-state index in [4.69, 9.17) is 4.74 Å². The lowest BCUT2D eigenvalue weighted by molar-refractivity contribution is -0.131. The van der Waals surface area contributed by atoms with Crippen molar-refractivity contribution in [2.45, 2.75) is 51.7 Å². The summed E-state index contributed by atoms with van der Waals surface area (Å²) in [5.41, 5.74) is -0.340. The van der Waals surface area contributed by atoms with E-state index in [2.05, 4.69) is 5.32 Å². The van der Waals surface area contributed by atoms with Crippen molar-refractivity contribution >= 4 is 5.78 Å². The van der Waals surface area contributed by atoms with E-state index in [1.807, 2.05) is 20.8 Å². The molecule has 0 amide bonds. The van der Waals surface area contributed by atoms with Gasteiger partial charge in [0.05, 0.1) is 11.6 Å². The standard InChI is InChI=1S/C11H21NO2/c1-9(2)14-8-10(13)11(3)6-4-5-7-12-11/h9,12H,4-8H2,1-3H3. The zero-order valence-corrected chi connectivity index (χ0v) is 9.43. The number of carbonyl (C=O) groups excluding carboxylic acids is 1. The van der Waals surface area contributed by atoms with Crippen LogP contribution >= 0.6 is 0 Å². The maximum Gasteiger partial charge on any atom is 0.178 e. The van der Waals surface area contributed by atoms with Crippen molar-refractivity contribution in [2.75, 3.05) is 13.2 Å². The van der Waals surface area contributed by atoms with Gasteiger partial charge in [-0.1, -0.05) is 0 Å². The smallest absolute Gasteiger partial charge is 0.178 e. The highest BCUT2D eigenvalue weighted by Gasteiger charge is 2.33. The van der Waals surface area contributed by atoms with E-state index in [9.17, 15) is 4.79 Å². The molecule has 1 heterocycles. The minimum atomic E-state index is -0.340. The number of Topliss-reactive ketones (excluding diaryl/α,β-unsaturated/α-hetero) is 1. The molecule has 1 aliphatic rings. The van der Waals surface area contributed by atoms with E-state index in [0.29, 0.717) is 0 Å². The van der Waals surface area contributed by atoms with Gasteiger partial charge in [-0.3, -0.25) is 4.79 Å². The van der Waals surface area contributed by atoms with Gasteiger partial charge in [-0.05, 0) is 46.6 Å². The van der Waals surface area contributed by atoms with E-state index in [1.54, 1.807) is 0 Å². The summed E-state index contributed by atoms with van der Waals surface area (Å²) in [6.07, 6.45) is 3.38. The number of nitrogens with one attached hydrogen (secondary N) is 1. The van der Waals surface area contributed by atoms with Crippen LogP contribution in [0.25, 0.3) is 0 Å². The molecule has 82 valence electrons. The van der Waals surface area contributed by atoms with E-state index >= 15 is 0 Å². The van der Waals surface area contributed by atoms with Crippen molar-refractivity contribution in [2.24, 2.45) is 0 Å². The van der Waals surface area contributed by atoms with E-state index in [1.165, 1.54) is 6.42 Å². The molecular weight excluding hydrogens is 178 g/mol. The number of rotatable bonds is 4. The minimum absolute atomic E-state index is 0.131. The first-order valence-electron chi connectivity index (χ1n) is 5.44. The van der Waals surface area contributed by atoms with Crippen molar-refractivity contribution in [3.05, 3.63) is 0 Å². The molecule has 0 bridgehead atoms. The van der Waals surface area contributed by atoms with E-state index in [-0.39, 0.29) is 24.0 Å². The molecule has 0 aromatic rings. The van der Waals surface area contributed by atoms with Gasteiger partial charge in [0.15, 0.2) is 5.78 Å². The average Bonchev–Trinajstić information content (AvgIpc) is 2.15. The Labute approximate surface area is 86.2 Å². The quantitative estimate of drug-likeness (QED) is 0.746. The van der Waals surface area contributed by atoms with Gasteiger partial charge in [0, 0.05) is 0 Å². The molecule has 0 spiro atoms. The lowest BCUT2D eigenvalue weighted by Gasteiger charge is -2.33. The van der Waals surface area contributed by atoms with Crippen LogP contribution in [0, 0.1) is 0 Å². The van der Waals surface area contributed by atoms with Gasteiger partial charge in [0.25, 0.3) is 0 Å². The molecule has 1 aliphatic heterocycles. The van der Waals surface area contributed by atoms with E-state index < -0.39 is 0 Å². The fourth-order valence-electron chi connectivity index (χ4n) is 1.70. The molecule has 0 saturated carbocycles. The van der Waals surface area contributed by atoms with Gasteiger partial charge >= 0.3 is 0 Å². The zero-order valence-electron chi connectivity index (χ0n) is 9.43. The predicted octanol–water partition coefficient (Wildman–Crippen LogP) is 1.51. The van der Waals surface area contributed by atoms with Crippen LogP contribution in [0.3, 0.4) is 0 Å². The van der Waals surface area contributed by atoms with Gasteiger partial charge in [-0.15, -0.1) is 0 Å². The second-order valence-electron chi connectivity index (χ2n) is 4.50. The average molecular weight is 199 g/mol. The van der Waals surface area contributed by atoms with Crippen LogP contribution in [0.15, 0.2) is 0 Å². The van der Waals surface area contributed by atoms with Gasteiger partial charge in [0.2, 0.25) is 0 Å². The molecule has 14 heavy (non-hydrogen) atoms. The third-order valence-corrected chi connectivity index (χ3v) is 2.78. The second-order valence-corrected chi connectivity index (χ2v) is 4.50. The fourth-order valence-corrected chi connectivity index (χ4v) is 1.70. The zero-order chi connectivity index (χ0) is 10.6. The van der Waals surface area contributed by atoms with Crippen molar-refractivity contribution in [1.29, 1.82) is 0 Å². The summed E-state index contributed by atoms with van der Waals surface area (Å²) in [5.74, 6) is 0.186. The van der Waals surface area contributed by atoms with Crippen LogP contribution in [0.4, 0.5) is 0 Å². The minimum Gasteiger partial charge on any atom is -0.371 e. The molecule has 0 aromatic heterocycles. The van der Waals surface area contributed by atoms with Gasteiger partial charge in [-0.2, -0.15) is 0 Å². The molecule has 0 radical (unpaired) electrons. The summed E-state index contributed by atoms with van der Waals surface area (Å²) >= 11 is 0. The Morgan fingerprint density at radius 2 is 2.21 bits per heavy atom. The fraction of sp³-hybridized carbons (Fsp3) is 0.909. The Morgan fingerprint density at radius 3 is 2.71 bits per heavy atom. The molecule has 1 saturated heterocycles. The summed E-state index contributed by atoms with van der Waals surface area (Å²) in [5, 5.41) is 3.29. The Bertz CT molecular complexity index is 195. The highest BCUT2D eigenvalue weighted by molar-refractivity contribution is 5.89. The molecular formula is C11H21NO2. The summed E-state index contributed by atoms with van der Waals surface area (Å²) in [6.45, 7) is 7.07. The number of ether oxygens (including phenoxy) is 1. The maximum absolute atomic E-state index is 11.8. The summed E-state index contributed by atoms with van der Waals surface area (Å²) in [4.78, 5) is 11.8. The second kappa shape index (κ2) is 4.89. The Kier molecular flexibility index (Phi) is 4.08. The first kappa shape index (κ1) is 11.7. The molecule has 1 fully saturated rings. The number of hydrogen-bond donors (Lipinski definition) is 1. The van der Waals surface area contributed by atoms with Crippen LogP contribution in [-0.2, 0) is 9.53 Å². The van der Waals surface area contributed by atoms with Crippen molar-refractivity contribution in [1.82, 2.24) is 5.32 Å². The first-order chi connectivity index (χ1) is 6.54. The number of ketones is 1. The van der Waals surface area contributed by atoms with Crippen LogP contribution in [0.5, 0.6) is 0 Å². The highest BCUT2D eigenvalue weighted by Crippen LogP contribution is 2.19. The third kappa shape index (κ3) is 3.07. The Hall–Kier alpha value is -0.410. The Balaban J connectivity index is 2.41. The monoisotopic (exact) mass is 199 g/mol. The van der Waals surface area contributed by atoms with Crippen molar-refractivity contribution in [3.8, 4) is 0 Å². The number of piperidine rings is 1. The van der Waals surface area contributed by atoms with Gasteiger partial charge < -0.3 is 10.1 Å². The van der Waals surface area contributed by atoms with Crippen LogP contribution in [0.2, 0.25) is 0 Å². The summed E-state index contributed by atoms with van der Waals surface area (Å²) in [7, 11) is 0.